The second-order valence-corrected chi connectivity index (χ2v) is 6.85. The lowest BCUT2D eigenvalue weighted by Gasteiger charge is -2.14. The Kier molecular flexibility index (Phi) is 6.27. The van der Waals surface area contributed by atoms with E-state index in [1.807, 2.05) is 13.8 Å². The Morgan fingerprint density at radius 1 is 0.833 bits per heavy atom. The fourth-order valence-corrected chi connectivity index (χ4v) is 3.02. The van der Waals surface area contributed by atoms with Crippen LogP contribution in [-0.4, -0.2) is 15.3 Å². The minimum Gasteiger partial charge on any atom is -0.508 e. The molecule has 2 bridgehead atoms. The van der Waals surface area contributed by atoms with Gasteiger partial charge in [-0.05, 0) is 65.0 Å². The van der Waals surface area contributed by atoms with Gasteiger partial charge in [-0.1, -0.05) is 34.9 Å². The highest BCUT2D eigenvalue weighted by Gasteiger charge is 2.15. The minimum absolute atomic E-state index is 0.0231. The van der Waals surface area contributed by atoms with Gasteiger partial charge in [-0.2, -0.15) is 0 Å². The van der Waals surface area contributed by atoms with Gasteiger partial charge in [0, 0.05) is 11.1 Å². The highest BCUT2D eigenvalue weighted by molar-refractivity contribution is 5.48. The molecule has 1 atom stereocenters. The Balaban J connectivity index is 2.40. The van der Waals surface area contributed by atoms with Gasteiger partial charge in [-0.15, -0.1) is 0 Å². The summed E-state index contributed by atoms with van der Waals surface area (Å²) in [5.74, 6) is 0.138. The van der Waals surface area contributed by atoms with Crippen molar-refractivity contribution in [2.75, 3.05) is 0 Å². The van der Waals surface area contributed by atoms with Crippen molar-refractivity contribution in [3.8, 4) is 11.5 Å². The molecule has 0 aliphatic heterocycles. The van der Waals surface area contributed by atoms with Crippen LogP contribution in [0, 0.1) is 0 Å². The van der Waals surface area contributed by atoms with Gasteiger partial charge < -0.3 is 15.3 Å². The summed E-state index contributed by atoms with van der Waals surface area (Å²) in [5.41, 5.74) is 4.63. The largest absolute Gasteiger partial charge is 0.508 e. The van der Waals surface area contributed by atoms with Crippen molar-refractivity contribution in [1.82, 2.24) is 0 Å². The second-order valence-electron chi connectivity index (χ2n) is 6.85. The van der Waals surface area contributed by atoms with E-state index in [0.717, 1.165) is 36.8 Å². The molecule has 0 amide bonds. The quantitative estimate of drug-likeness (QED) is 0.459. The van der Waals surface area contributed by atoms with Crippen LogP contribution >= 0.6 is 0 Å². The average molecular weight is 328 g/mol. The normalized spacial score (nSPS) is 20.3. The Morgan fingerprint density at radius 2 is 1.46 bits per heavy atom. The standard InChI is InChI=1S/C21H28O3/c1-14-6-4-8-15(2)10-17-12-21(24)18(13-19(17)22)20(23)11-16(3)9-5-7-14/h7-8,11-13,20,22-24H,4-6,9-10H2,1-3H3. The van der Waals surface area contributed by atoms with E-state index in [1.54, 1.807) is 12.1 Å². The van der Waals surface area contributed by atoms with Crippen LogP contribution in [0.1, 0.15) is 63.7 Å². The fourth-order valence-electron chi connectivity index (χ4n) is 3.02. The van der Waals surface area contributed by atoms with Crippen molar-refractivity contribution in [3.63, 3.8) is 0 Å². The molecule has 1 aromatic carbocycles. The third-order valence-electron chi connectivity index (χ3n) is 4.52. The third-order valence-corrected chi connectivity index (χ3v) is 4.52. The van der Waals surface area contributed by atoms with Gasteiger partial charge in [0.15, 0.2) is 0 Å². The molecule has 0 heterocycles. The molecule has 130 valence electrons. The lowest BCUT2D eigenvalue weighted by atomic mass is 9.97. The van der Waals surface area contributed by atoms with Crippen LogP contribution in [0.2, 0.25) is 0 Å². The first-order chi connectivity index (χ1) is 11.4. The van der Waals surface area contributed by atoms with E-state index in [1.165, 1.54) is 11.6 Å². The molecule has 3 N–H and O–H groups in total. The molecule has 3 nitrogen and oxygen atoms in total. The number of aliphatic hydroxyl groups excluding tert-OH is 1. The van der Waals surface area contributed by atoms with Crippen molar-refractivity contribution >= 4 is 0 Å². The molecule has 1 aromatic rings. The van der Waals surface area contributed by atoms with Gasteiger partial charge in [0.1, 0.15) is 17.6 Å². The molecular weight excluding hydrogens is 300 g/mol. The number of benzene rings is 1. The number of hydrogen-bond acceptors (Lipinski definition) is 3. The average Bonchev–Trinajstić information content (AvgIpc) is 2.49. The molecule has 3 heteroatoms. The molecule has 0 spiro atoms. The number of phenols is 2. The number of hydrogen-bond donors (Lipinski definition) is 3. The van der Waals surface area contributed by atoms with Crippen molar-refractivity contribution < 1.29 is 15.3 Å². The van der Waals surface area contributed by atoms with E-state index in [2.05, 4.69) is 19.1 Å². The number of aromatic hydroxyl groups is 2. The molecular formula is C21H28O3. The van der Waals surface area contributed by atoms with Crippen LogP contribution in [0.3, 0.4) is 0 Å². The predicted molar refractivity (Wildman–Crippen MR) is 98.2 cm³/mol. The van der Waals surface area contributed by atoms with Crippen LogP contribution < -0.4 is 0 Å². The maximum Gasteiger partial charge on any atom is 0.122 e. The molecule has 0 radical (unpaired) electrons. The predicted octanol–water partition coefficient (Wildman–Crippen LogP) is 5.09. The minimum atomic E-state index is -0.917. The number of phenolic OH excluding ortho intramolecular Hbond substituents is 2. The number of rotatable bonds is 0. The summed E-state index contributed by atoms with van der Waals surface area (Å²) in [6.07, 6.45) is 9.68. The van der Waals surface area contributed by atoms with Crippen molar-refractivity contribution in [2.45, 2.75) is 59.0 Å². The van der Waals surface area contributed by atoms with Gasteiger partial charge in [-0.25, -0.2) is 0 Å². The molecule has 2 aliphatic carbocycles. The molecule has 1 unspecified atom stereocenters. The molecule has 0 saturated carbocycles. The summed E-state index contributed by atoms with van der Waals surface area (Å²) >= 11 is 0. The van der Waals surface area contributed by atoms with Gasteiger partial charge >= 0.3 is 0 Å². The topological polar surface area (TPSA) is 60.7 Å². The highest BCUT2D eigenvalue weighted by Crippen LogP contribution is 2.34. The Hall–Kier alpha value is -2.00. The van der Waals surface area contributed by atoms with Crippen molar-refractivity contribution in [1.29, 1.82) is 0 Å². The van der Waals surface area contributed by atoms with Crippen LogP contribution in [0.15, 0.2) is 47.1 Å². The van der Waals surface area contributed by atoms with E-state index in [4.69, 9.17) is 0 Å². The van der Waals surface area contributed by atoms with E-state index in [-0.39, 0.29) is 11.5 Å². The van der Waals surface area contributed by atoms with E-state index in [9.17, 15) is 15.3 Å². The Labute approximate surface area is 144 Å². The van der Waals surface area contributed by atoms with Crippen LogP contribution in [0.5, 0.6) is 11.5 Å². The monoisotopic (exact) mass is 328 g/mol. The van der Waals surface area contributed by atoms with Crippen LogP contribution in [-0.2, 0) is 6.42 Å². The molecule has 24 heavy (non-hydrogen) atoms. The third kappa shape index (κ3) is 5.00. The van der Waals surface area contributed by atoms with Gasteiger partial charge in [-0.3, -0.25) is 0 Å². The van der Waals surface area contributed by atoms with Gasteiger partial charge in [0.05, 0.1) is 0 Å². The molecule has 3 rings (SSSR count). The SMILES string of the molecule is CC1=CCCC(C)=CC(O)c2cc(O)c(cc2O)CC(C)=CCC1. The first-order valence-electron chi connectivity index (χ1n) is 8.58. The zero-order chi connectivity index (χ0) is 17.7. The molecule has 0 saturated heterocycles. The van der Waals surface area contributed by atoms with Crippen LogP contribution in [0.4, 0.5) is 0 Å². The smallest absolute Gasteiger partial charge is 0.122 e. The molecule has 0 aromatic heterocycles. The summed E-state index contributed by atoms with van der Waals surface area (Å²) in [5, 5.41) is 30.8. The Bertz CT molecular complexity index is 681. The number of allylic oxidation sites excluding steroid dienone is 5. The summed E-state index contributed by atoms with van der Waals surface area (Å²) < 4.78 is 0. The maximum atomic E-state index is 10.4. The summed E-state index contributed by atoms with van der Waals surface area (Å²) in [6, 6.07) is 3.04. The zero-order valence-electron chi connectivity index (χ0n) is 14.8. The Morgan fingerprint density at radius 3 is 2.17 bits per heavy atom. The summed E-state index contributed by atoms with van der Waals surface area (Å²) in [4.78, 5) is 0. The highest BCUT2D eigenvalue weighted by atomic mass is 16.3. The summed E-state index contributed by atoms with van der Waals surface area (Å²) in [6.45, 7) is 6.17. The van der Waals surface area contributed by atoms with E-state index >= 15 is 0 Å². The van der Waals surface area contributed by atoms with Crippen molar-refractivity contribution in [3.05, 3.63) is 58.2 Å². The lowest BCUT2D eigenvalue weighted by molar-refractivity contribution is 0.222. The van der Waals surface area contributed by atoms with E-state index in [0.29, 0.717) is 17.5 Å². The first-order valence-corrected chi connectivity index (χ1v) is 8.58. The summed E-state index contributed by atoms with van der Waals surface area (Å²) in [7, 11) is 0. The van der Waals surface area contributed by atoms with E-state index < -0.39 is 6.10 Å². The second kappa shape index (κ2) is 8.20. The number of fused-ring (bicyclic) bond motifs is 10. The van der Waals surface area contributed by atoms with Gasteiger partial charge in [0.2, 0.25) is 0 Å². The van der Waals surface area contributed by atoms with Crippen molar-refractivity contribution in [2.24, 2.45) is 0 Å². The first kappa shape index (κ1) is 18.3. The lowest BCUT2D eigenvalue weighted by Crippen LogP contribution is -1.98. The maximum absolute atomic E-state index is 10.4. The zero-order valence-corrected chi connectivity index (χ0v) is 14.8. The number of aliphatic hydroxyl groups is 1. The van der Waals surface area contributed by atoms with Crippen LogP contribution in [0.25, 0.3) is 0 Å². The van der Waals surface area contributed by atoms with Gasteiger partial charge in [0.25, 0.3) is 0 Å². The fraction of sp³-hybridized carbons (Fsp3) is 0.429. The molecule has 0 fully saturated rings. The molecule has 2 aliphatic rings.